The van der Waals surface area contributed by atoms with Gasteiger partial charge in [0.15, 0.2) is 11.5 Å². The van der Waals surface area contributed by atoms with Gasteiger partial charge in [-0.2, -0.15) is 5.10 Å². The second-order valence-corrected chi connectivity index (χ2v) is 4.71. The Balaban J connectivity index is 1.76. The minimum absolute atomic E-state index is 0.162. The van der Waals surface area contributed by atoms with Crippen LogP contribution >= 0.6 is 0 Å². The third-order valence-corrected chi connectivity index (χ3v) is 3.23. The van der Waals surface area contributed by atoms with Gasteiger partial charge in [-0.15, -0.1) is 10.2 Å². The van der Waals surface area contributed by atoms with E-state index in [1.165, 1.54) is 0 Å². The fourth-order valence-corrected chi connectivity index (χ4v) is 2.23. The first kappa shape index (κ1) is 13.3. The first-order valence-corrected chi connectivity index (χ1v) is 6.80. The highest BCUT2D eigenvalue weighted by atomic mass is 16.2. The van der Waals surface area contributed by atoms with E-state index < -0.39 is 0 Å². The van der Waals surface area contributed by atoms with Crippen LogP contribution in [0.1, 0.15) is 28.9 Å². The highest BCUT2D eigenvalue weighted by molar-refractivity contribution is 5.92. The van der Waals surface area contributed by atoms with Crippen molar-refractivity contribution in [3.8, 4) is 0 Å². The Morgan fingerprint density at radius 3 is 3.00 bits per heavy atom. The molecule has 1 amide bonds. The number of pyridine rings is 1. The maximum Gasteiger partial charge on any atom is 0.269 e. The summed E-state index contributed by atoms with van der Waals surface area (Å²) in [7, 11) is 0. The van der Waals surface area contributed by atoms with Gasteiger partial charge in [0.2, 0.25) is 0 Å². The predicted octanol–water partition coefficient (Wildman–Crippen LogP) is 1.18. The summed E-state index contributed by atoms with van der Waals surface area (Å²) in [5.74, 6) is 0.531. The summed E-state index contributed by atoms with van der Waals surface area (Å²) < 4.78 is 3.54. The number of hydrogen-bond acceptors (Lipinski definition) is 4. The third-order valence-electron chi connectivity index (χ3n) is 3.23. The lowest BCUT2D eigenvalue weighted by Crippen LogP contribution is -2.26. The SMILES string of the molecule is CCn1nc(C)cc1C(=O)NCc1nnc2ccccn12. The van der Waals surface area contributed by atoms with E-state index in [1.54, 1.807) is 10.7 Å². The van der Waals surface area contributed by atoms with Crippen LogP contribution in [0, 0.1) is 6.92 Å². The average molecular weight is 284 g/mol. The summed E-state index contributed by atoms with van der Waals surface area (Å²) in [5, 5.41) is 15.3. The number of aryl methyl sites for hydroxylation is 2. The van der Waals surface area contributed by atoms with Crippen molar-refractivity contribution in [2.45, 2.75) is 26.9 Å². The molecule has 0 aliphatic rings. The van der Waals surface area contributed by atoms with Gasteiger partial charge >= 0.3 is 0 Å². The minimum atomic E-state index is -0.162. The molecule has 0 bridgehead atoms. The standard InChI is InChI=1S/C14H16N6O/c1-3-20-11(8-10(2)18-20)14(21)15-9-13-17-16-12-6-4-5-7-19(12)13/h4-8H,3,9H2,1-2H3,(H,15,21). The van der Waals surface area contributed by atoms with Crippen LogP contribution < -0.4 is 5.32 Å². The number of carbonyl (C=O) groups excluding carboxylic acids is 1. The molecule has 3 aromatic heterocycles. The zero-order valence-electron chi connectivity index (χ0n) is 11.9. The molecule has 3 heterocycles. The van der Waals surface area contributed by atoms with Gasteiger partial charge in [-0.1, -0.05) is 6.07 Å². The molecule has 21 heavy (non-hydrogen) atoms. The van der Waals surface area contributed by atoms with Crippen LogP contribution in [0.3, 0.4) is 0 Å². The van der Waals surface area contributed by atoms with Gasteiger partial charge in [0, 0.05) is 12.7 Å². The number of nitrogens with zero attached hydrogens (tertiary/aromatic N) is 5. The van der Waals surface area contributed by atoms with E-state index >= 15 is 0 Å². The van der Waals surface area contributed by atoms with Crippen molar-refractivity contribution in [1.29, 1.82) is 0 Å². The van der Waals surface area contributed by atoms with E-state index in [9.17, 15) is 4.79 Å². The van der Waals surface area contributed by atoms with Gasteiger partial charge in [0.1, 0.15) is 5.69 Å². The van der Waals surface area contributed by atoms with E-state index in [0.717, 1.165) is 11.3 Å². The first-order valence-electron chi connectivity index (χ1n) is 6.80. The van der Waals surface area contributed by atoms with Crippen LogP contribution in [0.15, 0.2) is 30.5 Å². The van der Waals surface area contributed by atoms with Crippen LogP contribution in [0.4, 0.5) is 0 Å². The van der Waals surface area contributed by atoms with Gasteiger partial charge in [-0.25, -0.2) is 0 Å². The lowest BCUT2D eigenvalue weighted by molar-refractivity contribution is 0.0939. The van der Waals surface area contributed by atoms with E-state index in [4.69, 9.17) is 0 Å². The summed E-state index contributed by atoms with van der Waals surface area (Å²) in [6.45, 7) is 4.80. The second-order valence-electron chi connectivity index (χ2n) is 4.71. The molecule has 0 saturated carbocycles. The number of hydrogen-bond donors (Lipinski definition) is 1. The number of nitrogens with one attached hydrogen (secondary N) is 1. The molecule has 3 aromatic rings. The number of fused-ring (bicyclic) bond motifs is 1. The van der Waals surface area contributed by atoms with Crippen molar-refractivity contribution in [3.63, 3.8) is 0 Å². The summed E-state index contributed by atoms with van der Waals surface area (Å²) in [5.41, 5.74) is 2.15. The lowest BCUT2D eigenvalue weighted by Gasteiger charge is -2.05. The molecule has 0 unspecified atom stereocenters. The Kier molecular flexibility index (Phi) is 3.39. The number of rotatable bonds is 4. The highest BCUT2D eigenvalue weighted by Gasteiger charge is 2.14. The molecule has 1 N–H and O–H groups in total. The van der Waals surface area contributed by atoms with Crippen LogP contribution in [0.25, 0.3) is 5.65 Å². The van der Waals surface area contributed by atoms with Gasteiger partial charge in [-0.05, 0) is 32.0 Å². The maximum absolute atomic E-state index is 12.2. The molecular formula is C14H16N6O. The van der Waals surface area contributed by atoms with Crippen LogP contribution in [0.5, 0.6) is 0 Å². The molecule has 0 aromatic carbocycles. The highest BCUT2D eigenvalue weighted by Crippen LogP contribution is 2.05. The Labute approximate surface area is 121 Å². The van der Waals surface area contributed by atoms with Crippen molar-refractivity contribution in [2.24, 2.45) is 0 Å². The molecule has 0 aliphatic heterocycles. The maximum atomic E-state index is 12.2. The monoisotopic (exact) mass is 284 g/mol. The smallest absolute Gasteiger partial charge is 0.269 e. The predicted molar refractivity (Wildman–Crippen MR) is 76.8 cm³/mol. The zero-order chi connectivity index (χ0) is 14.8. The number of amides is 1. The Morgan fingerprint density at radius 2 is 2.19 bits per heavy atom. The van der Waals surface area contributed by atoms with E-state index in [2.05, 4.69) is 20.6 Å². The Morgan fingerprint density at radius 1 is 1.33 bits per heavy atom. The van der Waals surface area contributed by atoms with Crippen LogP contribution in [-0.2, 0) is 13.1 Å². The van der Waals surface area contributed by atoms with Gasteiger partial charge < -0.3 is 5.32 Å². The fourth-order valence-electron chi connectivity index (χ4n) is 2.23. The Bertz CT molecular complexity index is 788. The molecule has 0 radical (unpaired) electrons. The van der Waals surface area contributed by atoms with Gasteiger partial charge in [0.25, 0.3) is 5.91 Å². The van der Waals surface area contributed by atoms with Crippen molar-refractivity contribution in [3.05, 3.63) is 47.7 Å². The largest absolute Gasteiger partial charge is 0.343 e. The van der Waals surface area contributed by atoms with Crippen molar-refractivity contribution >= 4 is 11.6 Å². The van der Waals surface area contributed by atoms with Crippen LogP contribution in [0.2, 0.25) is 0 Å². The number of carbonyl (C=O) groups is 1. The summed E-state index contributed by atoms with van der Waals surface area (Å²) in [6, 6.07) is 7.45. The summed E-state index contributed by atoms with van der Waals surface area (Å²) in [4.78, 5) is 12.2. The van der Waals surface area contributed by atoms with Gasteiger partial charge in [-0.3, -0.25) is 13.9 Å². The zero-order valence-corrected chi connectivity index (χ0v) is 11.9. The molecule has 7 nitrogen and oxygen atoms in total. The topological polar surface area (TPSA) is 77.1 Å². The van der Waals surface area contributed by atoms with Gasteiger partial charge in [0.05, 0.1) is 12.2 Å². The van der Waals surface area contributed by atoms with E-state index in [1.807, 2.05) is 42.6 Å². The quantitative estimate of drug-likeness (QED) is 0.780. The third kappa shape index (κ3) is 2.49. The second kappa shape index (κ2) is 5.35. The molecule has 108 valence electrons. The Hall–Kier alpha value is -2.70. The summed E-state index contributed by atoms with van der Waals surface area (Å²) in [6.07, 6.45) is 1.87. The van der Waals surface area contributed by atoms with Crippen molar-refractivity contribution < 1.29 is 4.79 Å². The molecule has 0 spiro atoms. The molecule has 0 saturated heterocycles. The van der Waals surface area contributed by atoms with E-state index in [0.29, 0.717) is 24.6 Å². The first-order chi connectivity index (χ1) is 10.2. The van der Waals surface area contributed by atoms with Crippen LogP contribution in [-0.4, -0.2) is 30.3 Å². The molecule has 0 aliphatic carbocycles. The lowest BCUT2D eigenvalue weighted by atomic mass is 10.3. The molecule has 0 atom stereocenters. The van der Waals surface area contributed by atoms with Crippen molar-refractivity contribution in [2.75, 3.05) is 0 Å². The number of aromatic nitrogens is 5. The molecule has 0 fully saturated rings. The molecular weight excluding hydrogens is 268 g/mol. The van der Waals surface area contributed by atoms with E-state index in [-0.39, 0.29) is 5.91 Å². The average Bonchev–Trinajstić information content (AvgIpc) is 3.08. The summed E-state index contributed by atoms with van der Waals surface area (Å²) >= 11 is 0. The normalized spacial score (nSPS) is 11.0. The fraction of sp³-hybridized carbons (Fsp3) is 0.286. The minimum Gasteiger partial charge on any atom is -0.343 e. The molecule has 7 heteroatoms. The molecule has 3 rings (SSSR count). The van der Waals surface area contributed by atoms with Crippen molar-refractivity contribution in [1.82, 2.24) is 29.7 Å².